The molecule has 1 aromatic heterocycles. The fourth-order valence-corrected chi connectivity index (χ4v) is 3.91. The van der Waals surface area contributed by atoms with Gasteiger partial charge in [0.15, 0.2) is 0 Å². The van der Waals surface area contributed by atoms with Crippen molar-refractivity contribution in [3.63, 3.8) is 0 Å². The second-order valence-electron chi connectivity index (χ2n) is 5.45. The number of aromatic nitrogens is 3. The molecular weight excluding hydrogens is 272 g/mol. The molecule has 0 amide bonds. The highest BCUT2D eigenvalue weighted by atomic mass is 32.2. The first-order valence-electron chi connectivity index (χ1n) is 7.39. The summed E-state index contributed by atoms with van der Waals surface area (Å²) in [4.78, 5) is 15.1. The van der Waals surface area contributed by atoms with Gasteiger partial charge in [-0.05, 0) is 43.1 Å². The van der Waals surface area contributed by atoms with Crippen LogP contribution in [0.5, 0.6) is 0 Å². The second kappa shape index (κ2) is 6.47. The summed E-state index contributed by atoms with van der Waals surface area (Å²) in [5, 5.41) is 3.34. The van der Waals surface area contributed by atoms with Crippen molar-refractivity contribution in [3.8, 4) is 0 Å². The molecule has 3 N–H and O–H groups in total. The summed E-state index contributed by atoms with van der Waals surface area (Å²) in [6.45, 7) is 2.97. The Hall–Kier alpha value is -1.24. The van der Waals surface area contributed by atoms with Crippen molar-refractivity contribution in [1.29, 1.82) is 0 Å². The minimum atomic E-state index is 0.309. The van der Waals surface area contributed by atoms with E-state index in [-0.39, 0.29) is 0 Å². The molecule has 0 spiro atoms. The molecule has 110 valence electrons. The molecule has 0 aromatic carbocycles. The first-order chi connectivity index (χ1) is 9.81. The highest BCUT2D eigenvalue weighted by molar-refractivity contribution is 7.99. The molecule has 6 nitrogen and oxygen atoms in total. The molecule has 2 aliphatic heterocycles. The number of rotatable bonds is 4. The van der Waals surface area contributed by atoms with Crippen molar-refractivity contribution in [2.24, 2.45) is 5.92 Å². The summed E-state index contributed by atoms with van der Waals surface area (Å²) in [5.74, 6) is 4.91. The third-order valence-corrected chi connectivity index (χ3v) is 4.97. The smallest absolute Gasteiger partial charge is 0.231 e. The average Bonchev–Trinajstić information content (AvgIpc) is 3.00. The van der Waals surface area contributed by atoms with Crippen LogP contribution in [-0.4, -0.2) is 46.1 Å². The van der Waals surface area contributed by atoms with E-state index >= 15 is 0 Å². The Labute approximate surface area is 124 Å². The van der Waals surface area contributed by atoms with E-state index in [1.165, 1.54) is 37.2 Å². The van der Waals surface area contributed by atoms with Gasteiger partial charge in [-0.25, -0.2) is 0 Å². The van der Waals surface area contributed by atoms with Crippen LogP contribution >= 0.6 is 11.8 Å². The van der Waals surface area contributed by atoms with Crippen molar-refractivity contribution < 1.29 is 0 Å². The van der Waals surface area contributed by atoms with Crippen molar-refractivity contribution in [2.45, 2.75) is 25.7 Å². The van der Waals surface area contributed by atoms with Crippen molar-refractivity contribution in [2.75, 3.05) is 47.1 Å². The molecule has 2 aliphatic rings. The fraction of sp³-hybridized carbons (Fsp3) is 0.769. The topological polar surface area (TPSA) is 80.0 Å². The van der Waals surface area contributed by atoms with E-state index in [0.717, 1.165) is 31.5 Å². The number of nitrogens with two attached hydrogens (primary N) is 1. The molecule has 0 atom stereocenters. The van der Waals surface area contributed by atoms with Crippen LogP contribution in [-0.2, 0) is 0 Å². The van der Waals surface area contributed by atoms with Gasteiger partial charge in [0.1, 0.15) is 0 Å². The standard InChI is InChI=1S/C13H22N6S/c14-11-16-12(15-9-10-3-7-20-8-4-10)18-13(17-11)19-5-1-2-6-19/h10H,1-9H2,(H3,14,15,16,17,18). The second-order valence-corrected chi connectivity index (χ2v) is 6.67. The monoisotopic (exact) mass is 294 g/mol. The lowest BCUT2D eigenvalue weighted by atomic mass is 10.0. The van der Waals surface area contributed by atoms with E-state index in [1.807, 2.05) is 11.8 Å². The summed E-state index contributed by atoms with van der Waals surface area (Å²) in [7, 11) is 0. The molecule has 3 rings (SSSR count). The minimum absolute atomic E-state index is 0.309. The van der Waals surface area contributed by atoms with Gasteiger partial charge in [-0.3, -0.25) is 0 Å². The van der Waals surface area contributed by atoms with E-state index in [2.05, 4.69) is 25.2 Å². The van der Waals surface area contributed by atoms with E-state index in [4.69, 9.17) is 5.73 Å². The van der Waals surface area contributed by atoms with Gasteiger partial charge in [0, 0.05) is 19.6 Å². The number of nitrogens with one attached hydrogen (secondary N) is 1. The fourth-order valence-electron chi connectivity index (χ4n) is 2.70. The Morgan fingerprint density at radius 1 is 1.15 bits per heavy atom. The Morgan fingerprint density at radius 2 is 1.90 bits per heavy atom. The van der Waals surface area contributed by atoms with Gasteiger partial charge in [0.25, 0.3) is 0 Å². The van der Waals surface area contributed by atoms with Crippen LogP contribution in [0.2, 0.25) is 0 Å². The summed E-state index contributed by atoms with van der Waals surface area (Å²) in [6, 6.07) is 0. The van der Waals surface area contributed by atoms with Crippen molar-refractivity contribution >= 4 is 29.6 Å². The number of anilines is 3. The third kappa shape index (κ3) is 3.45. The summed E-state index contributed by atoms with van der Waals surface area (Å²) >= 11 is 2.05. The zero-order valence-corrected chi connectivity index (χ0v) is 12.5. The number of thioether (sulfide) groups is 1. The molecule has 2 saturated heterocycles. The van der Waals surface area contributed by atoms with Gasteiger partial charge in [-0.2, -0.15) is 26.7 Å². The maximum atomic E-state index is 5.80. The predicted molar refractivity (Wildman–Crippen MR) is 84.2 cm³/mol. The van der Waals surface area contributed by atoms with Gasteiger partial charge in [-0.1, -0.05) is 0 Å². The average molecular weight is 294 g/mol. The minimum Gasteiger partial charge on any atom is -0.368 e. The predicted octanol–water partition coefficient (Wildman–Crippen LogP) is 1.61. The van der Waals surface area contributed by atoms with Crippen LogP contribution in [0.1, 0.15) is 25.7 Å². The van der Waals surface area contributed by atoms with Gasteiger partial charge >= 0.3 is 0 Å². The molecule has 2 fully saturated rings. The Bertz CT molecular complexity index is 442. The Balaban J connectivity index is 1.63. The molecule has 0 saturated carbocycles. The third-order valence-electron chi connectivity index (χ3n) is 3.92. The normalized spacial score (nSPS) is 20.3. The molecule has 1 aromatic rings. The number of hydrogen-bond acceptors (Lipinski definition) is 7. The molecular formula is C13H22N6S. The number of nitrogens with zero attached hydrogens (tertiary/aromatic N) is 4. The van der Waals surface area contributed by atoms with Crippen molar-refractivity contribution in [1.82, 2.24) is 15.0 Å². The summed E-state index contributed by atoms with van der Waals surface area (Å²) in [5.41, 5.74) is 5.80. The Kier molecular flexibility index (Phi) is 4.44. The van der Waals surface area contributed by atoms with E-state index in [9.17, 15) is 0 Å². The van der Waals surface area contributed by atoms with Gasteiger partial charge in [0.2, 0.25) is 17.8 Å². The summed E-state index contributed by atoms with van der Waals surface area (Å²) < 4.78 is 0. The summed E-state index contributed by atoms with van der Waals surface area (Å²) in [6.07, 6.45) is 4.95. The maximum Gasteiger partial charge on any atom is 0.231 e. The zero-order valence-electron chi connectivity index (χ0n) is 11.7. The SMILES string of the molecule is Nc1nc(NCC2CCSCC2)nc(N2CCCC2)n1. The lowest BCUT2D eigenvalue weighted by Crippen LogP contribution is -2.24. The van der Waals surface area contributed by atoms with Crippen LogP contribution < -0.4 is 16.0 Å². The van der Waals surface area contributed by atoms with Gasteiger partial charge in [-0.15, -0.1) is 0 Å². The molecule has 0 bridgehead atoms. The lowest BCUT2D eigenvalue weighted by Gasteiger charge is -2.22. The highest BCUT2D eigenvalue weighted by Gasteiger charge is 2.18. The largest absolute Gasteiger partial charge is 0.368 e. The van der Waals surface area contributed by atoms with Crippen molar-refractivity contribution in [3.05, 3.63) is 0 Å². The molecule has 7 heteroatoms. The van der Waals surface area contributed by atoms with Gasteiger partial charge in [0.05, 0.1) is 0 Å². The first-order valence-corrected chi connectivity index (χ1v) is 8.55. The molecule has 3 heterocycles. The highest BCUT2D eigenvalue weighted by Crippen LogP contribution is 2.23. The molecule has 0 aliphatic carbocycles. The lowest BCUT2D eigenvalue weighted by molar-refractivity contribution is 0.514. The molecule has 0 unspecified atom stereocenters. The van der Waals surface area contributed by atoms with E-state index in [0.29, 0.717) is 11.9 Å². The quantitative estimate of drug-likeness (QED) is 0.873. The Morgan fingerprint density at radius 3 is 2.65 bits per heavy atom. The molecule has 20 heavy (non-hydrogen) atoms. The molecule has 0 radical (unpaired) electrons. The maximum absolute atomic E-state index is 5.80. The van der Waals surface area contributed by atoms with E-state index < -0.39 is 0 Å². The number of hydrogen-bond donors (Lipinski definition) is 2. The van der Waals surface area contributed by atoms with E-state index in [1.54, 1.807) is 0 Å². The van der Waals surface area contributed by atoms with Crippen LogP contribution in [0.3, 0.4) is 0 Å². The zero-order chi connectivity index (χ0) is 13.8. The van der Waals surface area contributed by atoms with Crippen LogP contribution in [0.15, 0.2) is 0 Å². The van der Waals surface area contributed by atoms with Crippen LogP contribution in [0.25, 0.3) is 0 Å². The number of nitrogen functional groups attached to an aromatic ring is 1. The first kappa shape index (κ1) is 13.7. The van der Waals surface area contributed by atoms with Crippen LogP contribution in [0, 0.1) is 5.92 Å². The van der Waals surface area contributed by atoms with Crippen LogP contribution in [0.4, 0.5) is 17.8 Å². The van der Waals surface area contributed by atoms with Gasteiger partial charge < -0.3 is 16.0 Å².